The Morgan fingerprint density at radius 3 is 2.31 bits per heavy atom. The van der Waals surface area contributed by atoms with E-state index in [1.807, 2.05) is 37.3 Å². The van der Waals surface area contributed by atoms with Crippen LogP contribution in [-0.4, -0.2) is 42.4 Å². The number of benzene rings is 2. The minimum absolute atomic E-state index is 0.231. The molecule has 0 fully saturated rings. The first-order chi connectivity index (χ1) is 15.5. The number of hydrogen-bond acceptors (Lipinski definition) is 5. The van der Waals surface area contributed by atoms with Gasteiger partial charge in [0.1, 0.15) is 24.3 Å². The fourth-order valence-corrected chi connectivity index (χ4v) is 3.77. The Balaban J connectivity index is 1.69. The van der Waals surface area contributed by atoms with Crippen LogP contribution in [-0.2, 0) is 6.54 Å². The van der Waals surface area contributed by atoms with Crippen LogP contribution in [0.25, 0.3) is 0 Å². The lowest BCUT2D eigenvalue weighted by Gasteiger charge is -2.27. The molecule has 3 aromatic rings. The van der Waals surface area contributed by atoms with E-state index in [2.05, 4.69) is 65.9 Å². The van der Waals surface area contributed by atoms with Crippen molar-refractivity contribution >= 4 is 11.5 Å². The standard InChI is InChI=1S/C27H35N3O2/c1-5-29(6-2)24-15-13-23(14-16-24)18-30(27-12-7-8-17-28-27)19-25(31)20-32-26-11-9-10-21(3)22(26)4/h7-17,25,31H,5-6,18-20H2,1-4H3. The average molecular weight is 434 g/mol. The molecule has 1 aromatic heterocycles. The second-order valence-electron chi connectivity index (χ2n) is 8.07. The average Bonchev–Trinajstić information content (AvgIpc) is 2.82. The van der Waals surface area contributed by atoms with Crippen molar-refractivity contribution in [2.45, 2.75) is 40.3 Å². The van der Waals surface area contributed by atoms with Gasteiger partial charge in [-0.15, -0.1) is 0 Å². The Labute approximate surface area is 192 Å². The SMILES string of the molecule is CCN(CC)c1ccc(CN(CC(O)COc2cccc(C)c2C)c2ccccn2)cc1. The second-order valence-corrected chi connectivity index (χ2v) is 8.07. The summed E-state index contributed by atoms with van der Waals surface area (Å²) in [6, 6.07) is 20.5. The molecule has 0 saturated heterocycles. The van der Waals surface area contributed by atoms with Crippen LogP contribution in [0.3, 0.4) is 0 Å². The Kier molecular flexibility index (Phi) is 8.51. The molecule has 5 heteroatoms. The van der Waals surface area contributed by atoms with E-state index in [1.54, 1.807) is 6.20 Å². The van der Waals surface area contributed by atoms with Gasteiger partial charge in [0.05, 0.1) is 0 Å². The van der Waals surface area contributed by atoms with Crippen LogP contribution in [0.15, 0.2) is 66.9 Å². The van der Waals surface area contributed by atoms with Crippen LogP contribution in [0.1, 0.15) is 30.5 Å². The summed E-state index contributed by atoms with van der Waals surface area (Å²) < 4.78 is 5.93. The highest BCUT2D eigenvalue weighted by Crippen LogP contribution is 2.22. The Bertz CT molecular complexity index is 956. The number of anilines is 2. The van der Waals surface area contributed by atoms with Gasteiger partial charge in [-0.1, -0.05) is 30.3 Å². The Morgan fingerprint density at radius 1 is 0.906 bits per heavy atom. The smallest absolute Gasteiger partial charge is 0.128 e. The third-order valence-corrected chi connectivity index (χ3v) is 5.83. The zero-order valence-corrected chi connectivity index (χ0v) is 19.7. The van der Waals surface area contributed by atoms with E-state index in [0.29, 0.717) is 13.1 Å². The van der Waals surface area contributed by atoms with Crippen LogP contribution >= 0.6 is 0 Å². The lowest BCUT2D eigenvalue weighted by molar-refractivity contribution is 0.111. The van der Waals surface area contributed by atoms with E-state index >= 15 is 0 Å². The zero-order chi connectivity index (χ0) is 22.9. The van der Waals surface area contributed by atoms with Crippen molar-refractivity contribution < 1.29 is 9.84 Å². The van der Waals surface area contributed by atoms with Gasteiger partial charge < -0.3 is 19.6 Å². The fourth-order valence-electron chi connectivity index (χ4n) is 3.77. The third kappa shape index (κ3) is 6.24. The summed E-state index contributed by atoms with van der Waals surface area (Å²) in [5.41, 5.74) is 4.69. The highest BCUT2D eigenvalue weighted by molar-refractivity contribution is 5.48. The zero-order valence-electron chi connectivity index (χ0n) is 19.7. The van der Waals surface area contributed by atoms with Crippen molar-refractivity contribution in [1.29, 1.82) is 0 Å². The first kappa shape index (κ1) is 23.6. The lowest BCUT2D eigenvalue weighted by atomic mass is 10.1. The highest BCUT2D eigenvalue weighted by Gasteiger charge is 2.16. The maximum Gasteiger partial charge on any atom is 0.128 e. The molecule has 0 bridgehead atoms. The molecule has 1 atom stereocenters. The summed E-state index contributed by atoms with van der Waals surface area (Å²) in [4.78, 5) is 8.94. The van der Waals surface area contributed by atoms with Crippen molar-refractivity contribution in [2.24, 2.45) is 0 Å². The van der Waals surface area contributed by atoms with Crippen molar-refractivity contribution in [2.75, 3.05) is 36.0 Å². The molecule has 0 radical (unpaired) electrons. The minimum atomic E-state index is -0.646. The van der Waals surface area contributed by atoms with E-state index in [9.17, 15) is 5.11 Å². The van der Waals surface area contributed by atoms with Gasteiger partial charge in [-0.05, 0) is 74.7 Å². The predicted molar refractivity (Wildman–Crippen MR) is 133 cm³/mol. The van der Waals surface area contributed by atoms with Crippen LogP contribution in [0.2, 0.25) is 0 Å². The van der Waals surface area contributed by atoms with Crippen LogP contribution in [0.5, 0.6) is 5.75 Å². The number of aryl methyl sites for hydroxylation is 1. The van der Waals surface area contributed by atoms with Gasteiger partial charge in [-0.25, -0.2) is 4.98 Å². The Morgan fingerprint density at radius 2 is 1.66 bits per heavy atom. The molecule has 1 N–H and O–H groups in total. The van der Waals surface area contributed by atoms with Crippen molar-refractivity contribution in [3.8, 4) is 5.75 Å². The van der Waals surface area contributed by atoms with Crippen LogP contribution < -0.4 is 14.5 Å². The van der Waals surface area contributed by atoms with Gasteiger partial charge in [-0.2, -0.15) is 0 Å². The quantitative estimate of drug-likeness (QED) is 0.462. The molecule has 32 heavy (non-hydrogen) atoms. The monoisotopic (exact) mass is 433 g/mol. The summed E-state index contributed by atoms with van der Waals surface area (Å²) in [6.07, 6.45) is 1.14. The number of aromatic nitrogens is 1. The number of hydrogen-bond donors (Lipinski definition) is 1. The minimum Gasteiger partial charge on any atom is -0.491 e. The number of aliphatic hydroxyl groups excluding tert-OH is 1. The van der Waals surface area contributed by atoms with Gasteiger partial charge in [0.15, 0.2) is 0 Å². The third-order valence-electron chi connectivity index (χ3n) is 5.83. The summed E-state index contributed by atoms with van der Waals surface area (Å²) in [7, 11) is 0. The van der Waals surface area contributed by atoms with Crippen molar-refractivity contribution in [3.63, 3.8) is 0 Å². The van der Waals surface area contributed by atoms with Crippen molar-refractivity contribution in [3.05, 3.63) is 83.6 Å². The summed E-state index contributed by atoms with van der Waals surface area (Å²) in [5.74, 6) is 1.66. The molecule has 2 aromatic carbocycles. The topological polar surface area (TPSA) is 48.8 Å². The number of ether oxygens (including phenoxy) is 1. The molecule has 1 heterocycles. The van der Waals surface area contributed by atoms with E-state index < -0.39 is 6.10 Å². The van der Waals surface area contributed by atoms with Gasteiger partial charge in [0.2, 0.25) is 0 Å². The largest absolute Gasteiger partial charge is 0.491 e. The van der Waals surface area contributed by atoms with Gasteiger partial charge in [0, 0.05) is 38.1 Å². The maximum atomic E-state index is 10.8. The normalized spacial score (nSPS) is 11.8. The maximum absolute atomic E-state index is 10.8. The molecule has 0 aliphatic heterocycles. The molecular formula is C27H35N3O2. The number of aliphatic hydroxyl groups is 1. The lowest BCUT2D eigenvalue weighted by Crippen LogP contribution is -2.36. The summed E-state index contributed by atoms with van der Waals surface area (Å²) in [6.45, 7) is 11.7. The summed E-state index contributed by atoms with van der Waals surface area (Å²) >= 11 is 0. The fraction of sp³-hybridized carbons (Fsp3) is 0.370. The van der Waals surface area contributed by atoms with Crippen molar-refractivity contribution in [1.82, 2.24) is 4.98 Å². The molecule has 0 saturated carbocycles. The first-order valence-electron chi connectivity index (χ1n) is 11.4. The van der Waals surface area contributed by atoms with E-state index in [-0.39, 0.29) is 6.61 Å². The van der Waals surface area contributed by atoms with E-state index in [4.69, 9.17) is 4.74 Å². The Hall–Kier alpha value is -3.05. The molecule has 0 amide bonds. The second kappa shape index (κ2) is 11.5. The molecule has 3 rings (SSSR count). The first-order valence-corrected chi connectivity index (χ1v) is 11.4. The number of nitrogens with zero attached hydrogens (tertiary/aromatic N) is 3. The predicted octanol–water partition coefficient (Wildman–Crippen LogP) is 4.99. The molecule has 0 aliphatic rings. The molecular weight excluding hydrogens is 398 g/mol. The van der Waals surface area contributed by atoms with Gasteiger partial charge in [-0.3, -0.25) is 0 Å². The van der Waals surface area contributed by atoms with Crippen LogP contribution in [0.4, 0.5) is 11.5 Å². The molecule has 0 spiro atoms. The molecule has 170 valence electrons. The number of rotatable bonds is 11. The molecule has 0 aliphatic carbocycles. The highest BCUT2D eigenvalue weighted by atomic mass is 16.5. The van der Waals surface area contributed by atoms with Gasteiger partial charge in [0.25, 0.3) is 0 Å². The molecule has 1 unspecified atom stereocenters. The summed E-state index contributed by atoms with van der Waals surface area (Å²) in [5, 5.41) is 10.8. The van der Waals surface area contributed by atoms with Crippen LogP contribution in [0, 0.1) is 13.8 Å². The van der Waals surface area contributed by atoms with Gasteiger partial charge >= 0.3 is 0 Å². The number of pyridine rings is 1. The molecule has 5 nitrogen and oxygen atoms in total. The van der Waals surface area contributed by atoms with E-state index in [1.165, 1.54) is 16.8 Å². The van der Waals surface area contributed by atoms with E-state index in [0.717, 1.165) is 30.2 Å².